The van der Waals surface area contributed by atoms with Gasteiger partial charge in [0.25, 0.3) is 0 Å². The van der Waals surface area contributed by atoms with Crippen LogP contribution in [0, 0.1) is 5.92 Å². The van der Waals surface area contributed by atoms with E-state index in [1.165, 1.54) is 0 Å². The Morgan fingerprint density at radius 2 is 2.00 bits per heavy atom. The summed E-state index contributed by atoms with van der Waals surface area (Å²) in [5.41, 5.74) is 0.943. The Balaban J connectivity index is 2.12. The monoisotopic (exact) mass is 336 g/mol. The predicted octanol–water partition coefficient (Wildman–Crippen LogP) is 1.54. The molecule has 0 unspecified atom stereocenters. The van der Waals surface area contributed by atoms with Crippen LogP contribution in [-0.2, 0) is 4.79 Å². The lowest BCUT2D eigenvalue weighted by molar-refractivity contribution is -0.119. The fraction of sp³-hybridized carbons (Fsp3) is 0.778. The fourth-order valence-corrected chi connectivity index (χ4v) is 3.93. The van der Waals surface area contributed by atoms with E-state index in [9.17, 15) is 9.59 Å². The van der Waals surface area contributed by atoms with Gasteiger partial charge in [-0.15, -0.1) is 0 Å². The number of piperidine rings is 1. The largest absolute Gasteiger partial charge is 0.383 e. The predicted molar refractivity (Wildman–Crippen MR) is 95.8 cm³/mol. The van der Waals surface area contributed by atoms with Crippen LogP contribution in [0.1, 0.15) is 32.6 Å². The highest BCUT2D eigenvalue weighted by atomic mass is 16.2. The summed E-state index contributed by atoms with van der Waals surface area (Å²) in [7, 11) is 7.44. The van der Waals surface area contributed by atoms with Gasteiger partial charge in [0.05, 0.1) is 0 Å². The minimum absolute atomic E-state index is 0.0507. The molecule has 2 aliphatic rings. The summed E-state index contributed by atoms with van der Waals surface area (Å²) in [5, 5.41) is 3.11. The summed E-state index contributed by atoms with van der Waals surface area (Å²) in [6.45, 7) is 4.07. The number of hydrogen-bond acceptors (Lipinski definition) is 4. The molecule has 0 spiro atoms. The van der Waals surface area contributed by atoms with Gasteiger partial charge in [0.1, 0.15) is 0 Å². The molecule has 6 nitrogen and oxygen atoms in total. The van der Waals surface area contributed by atoms with E-state index in [0.717, 1.165) is 37.9 Å². The minimum Gasteiger partial charge on any atom is -0.383 e. The van der Waals surface area contributed by atoms with Crippen molar-refractivity contribution < 1.29 is 9.59 Å². The smallest absolute Gasteiger partial charge is 0.317 e. The quantitative estimate of drug-likeness (QED) is 0.791. The zero-order valence-electron chi connectivity index (χ0n) is 15.7. The standard InChI is InChI=1S/C18H32N4O2/c1-6-7-22-12-15(19-18(24)21(4)5)8-13-10-17(23)14(9-16(13)22)11-20(2)3/h11,13,15-16H,6-10,12H2,1-5H3,(H,19,24)/t13-,15+,16-/m1/s1. The molecule has 2 rings (SSSR count). The Kier molecular flexibility index (Phi) is 6.27. The lowest BCUT2D eigenvalue weighted by Crippen LogP contribution is -2.58. The van der Waals surface area contributed by atoms with Gasteiger partial charge in [0, 0.05) is 65.0 Å². The summed E-state index contributed by atoms with van der Waals surface area (Å²) in [6.07, 6.45) is 5.38. The van der Waals surface area contributed by atoms with Crippen LogP contribution in [0.2, 0.25) is 0 Å². The highest BCUT2D eigenvalue weighted by Crippen LogP contribution is 2.36. The molecule has 136 valence electrons. The van der Waals surface area contributed by atoms with Crippen molar-refractivity contribution >= 4 is 11.8 Å². The van der Waals surface area contributed by atoms with Crippen molar-refractivity contribution in [2.75, 3.05) is 41.3 Å². The van der Waals surface area contributed by atoms with E-state index in [2.05, 4.69) is 17.1 Å². The molecule has 6 heteroatoms. The molecule has 0 aromatic rings. The summed E-state index contributed by atoms with van der Waals surface area (Å²) in [4.78, 5) is 30.5. The van der Waals surface area contributed by atoms with Crippen LogP contribution >= 0.6 is 0 Å². The van der Waals surface area contributed by atoms with Crippen LogP contribution < -0.4 is 5.32 Å². The van der Waals surface area contributed by atoms with E-state index < -0.39 is 0 Å². The molecular weight excluding hydrogens is 304 g/mol. The third-order valence-electron chi connectivity index (χ3n) is 4.95. The molecular formula is C18H32N4O2. The second-order valence-electron chi connectivity index (χ2n) is 7.55. The molecule has 1 heterocycles. The van der Waals surface area contributed by atoms with Gasteiger partial charge in [0.2, 0.25) is 0 Å². The number of nitrogens with one attached hydrogen (secondary N) is 1. The number of urea groups is 1. The molecule has 1 saturated carbocycles. The van der Waals surface area contributed by atoms with Gasteiger partial charge in [-0.25, -0.2) is 4.79 Å². The Labute approximate surface area is 145 Å². The maximum atomic E-state index is 12.5. The van der Waals surface area contributed by atoms with Crippen LogP contribution in [0.5, 0.6) is 0 Å². The first kappa shape index (κ1) is 18.8. The first-order chi connectivity index (χ1) is 11.3. The van der Waals surface area contributed by atoms with E-state index in [-0.39, 0.29) is 17.9 Å². The number of amides is 2. The molecule has 3 atom stereocenters. The molecule has 24 heavy (non-hydrogen) atoms. The van der Waals surface area contributed by atoms with E-state index in [0.29, 0.717) is 18.4 Å². The number of carbonyl (C=O) groups excluding carboxylic acids is 2. The average molecular weight is 336 g/mol. The van der Waals surface area contributed by atoms with Gasteiger partial charge in [-0.05, 0) is 31.7 Å². The molecule has 2 fully saturated rings. The van der Waals surface area contributed by atoms with Crippen LogP contribution in [0.4, 0.5) is 4.79 Å². The van der Waals surface area contributed by atoms with Crippen molar-refractivity contribution in [1.82, 2.24) is 20.0 Å². The number of rotatable bonds is 4. The molecule has 0 bridgehead atoms. The summed E-state index contributed by atoms with van der Waals surface area (Å²) in [6, 6.07) is 0.492. The third kappa shape index (κ3) is 4.50. The summed E-state index contributed by atoms with van der Waals surface area (Å²) in [5.74, 6) is 0.602. The van der Waals surface area contributed by atoms with Crippen molar-refractivity contribution in [3.05, 3.63) is 11.8 Å². The normalized spacial score (nSPS) is 29.3. The number of ketones is 1. The number of Topliss-reactive ketones (excluding diaryl/α,β-unsaturated/α-hetero) is 1. The Morgan fingerprint density at radius 3 is 2.58 bits per heavy atom. The van der Waals surface area contributed by atoms with Gasteiger partial charge in [-0.2, -0.15) is 0 Å². The SMILES string of the molecule is CCCN1C[C@@H](NC(=O)N(C)C)C[C@@H]2CC(=O)C(=CN(C)C)C[C@H]21. The molecule has 2 amide bonds. The maximum Gasteiger partial charge on any atom is 0.317 e. The fourth-order valence-electron chi connectivity index (χ4n) is 3.93. The third-order valence-corrected chi connectivity index (χ3v) is 4.95. The maximum absolute atomic E-state index is 12.5. The zero-order chi connectivity index (χ0) is 17.9. The number of hydrogen-bond donors (Lipinski definition) is 1. The first-order valence-electron chi connectivity index (χ1n) is 8.94. The van der Waals surface area contributed by atoms with Crippen LogP contribution in [0.25, 0.3) is 0 Å². The van der Waals surface area contributed by atoms with E-state index in [1.54, 1.807) is 19.0 Å². The van der Waals surface area contributed by atoms with Gasteiger partial charge in [-0.1, -0.05) is 6.92 Å². The average Bonchev–Trinajstić information content (AvgIpc) is 2.48. The molecule has 1 aliphatic carbocycles. The van der Waals surface area contributed by atoms with Gasteiger partial charge >= 0.3 is 6.03 Å². The van der Waals surface area contributed by atoms with Gasteiger partial charge in [-0.3, -0.25) is 9.69 Å². The van der Waals surface area contributed by atoms with Crippen molar-refractivity contribution in [2.45, 2.75) is 44.7 Å². The highest BCUT2D eigenvalue weighted by Gasteiger charge is 2.41. The van der Waals surface area contributed by atoms with Gasteiger partial charge in [0.15, 0.2) is 5.78 Å². The number of fused-ring (bicyclic) bond motifs is 1. The van der Waals surface area contributed by atoms with Crippen LogP contribution in [0.3, 0.4) is 0 Å². The highest BCUT2D eigenvalue weighted by molar-refractivity contribution is 5.96. The van der Waals surface area contributed by atoms with Crippen LogP contribution in [0.15, 0.2) is 11.8 Å². The second kappa shape index (κ2) is 8.01. The topological polar surface area (TPSA) is 55.9 Å². The number of nitrogens with zero attached hydrogens (tertiary/aromatic N) is 3. The molecule has 0 aromatic carbocycles. The van der Waals surface area contributed by atoms with Gasteiger partial charge < -0.3 is 15.1 Å². The number of likely N-dealkylation sites (tertiary alicyclic amines) is 1. The summed E-state index contributed by atoms with van der Waals surface area (Å²) < 4.78 is 0. The van der Waals surface area contributed by atoms with E-state index in [1.807, 2.05) is 25.2 Å². The Hall–Kier alpha value is -1.56. The minimum atomic E-state index is -0.0507. The lowest BCUT2D eigenvalue weighted by atomic mass is 9.74. The molecule has 1 N–H and O–H groups in total. The van der Waals surface area contributed by atoms with Crippen molar-refractivity contribution in [3.8, 4) is 0 Å². The Bertz CT molecular complexity index is 501. The van der Waals surface area contributed by atoms with E-state index in [4.69, 9.17) is 0 Å². The first-order valence-corrected chi connectivity index (χ1v) is 8.94. The molecule has 0 radical (unpaired) electrons. The molecule has 1 saturated heterocycles. The Morgan fingerprint density at radius 1 is 1.29 bits per heavy atom. The lowest BCUT2D eigenvalue weighted by Gasteiger charge is -2.47. The van der Waals surface area contributed by atoms with Crippen molar-refractivity contribution in [1.29, 1.82) is 0 Å². The zero-order valence-corrected chi connectivity index (χ0v) is 15.7. The van der Waals surface area contributed by atoms with Crippen molar-refractivity contribution in [3.63, 3.8) is 0 Å². The van der Waals surface area contributed by atoms with E-state index >= 15 is 0 Å². The second-order valence-corrected chi connectivity index (χ2v) is 7.55. The van der Waals surface area contributed by atoms with Crippen molar-refractivity contribution in [2.24, 2.45) is 5.92 Å². The number of carbonyl (C=O) groups is 2. The van der Waals surface area contributed by atoms with Crippen LogP contribution in [-0.4, -0.2) is 79.9 Å². The summed E-state index contributed by atoms with van der Waals surface area (Å²) >= 11 is 0. The molecule has 0 aromatic heterocycles. The molecule has 1 aliphatic heterocycles.